The van der Waals surface area contributed by atoms with Gasteiger partial charge in [-0.1, -0.05) is 20.8 Å². The van der Waals surface area contributed by atoms with Crippen LogP contribution in [-0.2, 0) is 19.6 Å². The lowest BCUT2D eigenvalue weighted by molar-refractivity contribution is -0.135. The Bertz CT molecular complexity index is 966. The topological polar surface area (TPSA) is 84.0 Å². The van der Waals surface area contributed by atoms with E-state index in [0.717, 1.165) is 32.1 Å². The van der Waals surface area contributed by atoms with Crippen LogP contribution in [0.1, 0.15) is 63.2 Å². The second kappa shape index (κ2) is 7.89. The molecule has 170 valence electrons. The number of benzene rings is 1. The molecule has 31 heavy (non-hydrogen) atoms. The Morgan fingerprint density at radius 1 is 1.06 bits per heavy atom. The Hall–Kier alpha value is -1.93. The smallest absolute Gasteiger partial charge is 0.338 e. The predicted octanol–water partition coefficient (Wildman–Crippen LogP) is 3.06. The molecule has 2 atom stereocenters. The van der Waals surface area contributed by atoms with Gasteiger partial charge in [-0.3, -0.25) is 4.79 Å². The van der Waals surface area contributed by atoms with Gasteiger partial charge in [-0.2, -0.15) is 4.31 Å². The summed E-state index contributed by atoms with van der Waals surface area (Å²) in [6.45, 7) is 8.21. The number of esters is 1. The zero-order chi connectivity index (χ0) is 22.4. The molecule has 2 aliphatic heterocycles. The van der Waals surface area contributed by atoms with Gasteiger partial charge in [0.1, 0.15) is 0 Å². The second-order valence-electron chi connectivity index (χ2n) is 10.4. The van der Waals surface area contributed by atoms with Crippen molar-refractivity contribution in [3.8, 4) is 0 Å². The molecule has 1 aromatic carbocycles. The van der Waals surface area contributed by atoms with Crippen LogP contribution in [0, 0.1) is 10.8 Å². The number of rotatable bonds is 5. The van der Waals surface area contributed by atoms with Crippen molar-refractivity contribution in [3.63, 3.8) is 0 Å². The first-order valence-electron chi connectivity index (χ1n) is 11.1. The fraction of sp³-hybridized carbons (Fsp3) is 0.652. The van der Waals surface area contributed by atoms with Crippen molar-refractivity contribution in [2.75, 3.05) is 26.2 Å². The van der Waals surface area contributed by atoms with E-state index in [9.17, 15) is 18.0 Å². The highest BCUT2D eigenvalue weighted by Crippen LogP contribution is 2.52. The molecule has 2 heterocycles. The van der Waals surface area contributed by atoms with E-state index >= 15 is 0 Å². The van der Waals surface area contributed by atoms with E-state index in [1.54, 1.807) is 0 Å². The van der Waals surface area contributed by atoms with E-state index in [0.29, 0.717) is 19.6 Å². The van der Waals surface area contributed by atoms with Crippen molar-refractivity contribution < 1.29 is 22.7 Å². The van der Waals surface area contributed by atoms with Crippen LogP contribution in [-0.4, -0.2) is 61.8 Å². The summed E-state index contributed by atoms with van der Waals surface area (Å²) in [4.78, 5) is 27.2. The summed E-state index contributed by atoms with van der Waals surface area (Å²) in [6.07, 6.45) is 4.80. The van der Waals surface area contributed by atoms with Crippen LogP contribution in [0.2, 0.25) is 0 Å². The van der Waals surface area contributed by atoms with E-state index in [1.807, 2.05) is 4.90 Å². The lowest BCUT2D eigenvalue weighted by Gasteiger charge is -2.39. The fourth-order valence-corrected chi connectivity index (χ4v) is 7.40. The van der Waals surface area contributed by atoms with Gasteiger partial charge >= 0.3 is 5.97 Å². The largest absolute Gasteiger partial charge is 0.452 e. The number of hydrogen-bond acceptors (Lipinski definition) is 5. The summed E-state index contributed by atoms with van der Waals surface area (Å²) in [6, 6.07) is 5.96. The average molecular weight is 449 g/mol. The summed E-state index contributed by atoms with van der Waals surface area (Å²) in [5.41, 5.74) is 0.574. The normalized spacial score (nSPS) is 28.0. The van der Waals surface area contributed by atoms with Crippen molar-refractivity contribution in [3.05, 3.63) is 29.8 Å². The summed E-state index contributed by atoms with van der Waals surface area (Å²) in [7, 11) is -3.52. The SMILES string of the molecule is CC1(C)CC2CC(C)(CN2C(=O)COC(=O)c2ccc(S(=O)(=O)N3CCCC3)cc2)C1. The lowest BCUT2D eigenvalue weighted by Crippen LogP contribution is -2.39. The number of fused-ring (bicyclic) bond motifs is 2. The van der Waals surface area contributed by atoms with Gasteiger partial charge in [-0.25, -0.2) is 13.2 Å². The minimum Gasteiger partial charge on any atom is -0.452 e. The molecule has 0 aromatic heterocycles. The Morgan fingerprint density at radius 3 is 2.35 bits per heavy atom. The third kappa shape index (κ3) is 4.51. The molecule has 1 aliphatic carbocycles. The standard InChI is InChI=1S/C23H32N2O5S/c1-22(2)12-18-13-23(3,15-22)16-25(18)20(26)14-30-21(27)17-6-8-19(9-7-17)31(28,29)24-10-4-5-11-24/h6-9,18H,4-5,10-16H2,1-3H3. The van der Waals surface area contributed by atoms with Gasteiger partial charge in [-0.15, -0.1) is 0 Å². The van der Waals surface area contributed by atoms with Gasteiger partial charge in [0, 0.05) is 25.7 Å². The molecule has 0 N–H and O–H groups in total. The number of amides is 1. The van der Waals surface area contributed by atoms with E-state index in [4.69, 9.17) is 4.74 Å². The van der Waals surface area contributed by atoms with Crippen molar-refractivity contribution in [2.45, 2.75) is 63.8 Å². The van der Waals surface area contributed by atoms with Gasteiger partial charge < -0.3 is 9.64 Å². The van der Waals surface area contributed by atoms with E-state index < -0.39 is 16.0 Å². The molecular formula is C23H32N2O5S. The molecule has 0 radical (unpaired) electrons. The van der Waals surface area contributed by atoms with Gasteiger partial charge in [0.05, 0.1) is 10.5 Å². The van der Waals surface area contributed by atoms with Crippen LogP contribution >= 0.6 is 0 Å². The highest BCUT2D eigenvalue weighted by atomic mass is 32.2. The summed E-state index contributed by atoms with van der Waals surface area (Å²) < 4.78 is 31.9. The molecule has 3 aliphatic rings. The van der Waals surface area contributed by atoms with E-state index in [-0.39, 0.29) is 39.8 Å². The zero-order valence-electron chi connectivity index (χ0n) is 18.6. The van der Waals surface area contributed by atoms with Crippen LogP contribution in [0.5, 0.6) is 0 Å². The molecule has 2 saturated heterocycles. The molecule has 7 nitrogen and oxygen atoms in total. The van der Waals surface area contributed by atoms with Crippen molar-refractivity contribution >= 4 is 21.9 Å². The molecule has 2 unspecified atom stereocenters. The number of hydrogen-bond donors (Lipinski definition) is 0. The number of ether oxygens (including phenoxy) is 1. The van der Waals surface area contributed by atoms with Crippen LogP contribution in [0.3, 0.4) is 0 Å². The summed E-state index contributed by atoms with van der Waals surface area (Å²) in [5, 5.41) is 0. The molecular weight excluding hydrogens is 416 g/mol. The molecule has 4 rings (SSSR count). The Balaban J connectivity index is 1.35. The maximum absolute atomic E-state index is 12.8. The van der Waals surface area contributed by atoms with Gasteiger partial charge in [0.25, 0.3) is 5.91 Å². The minimum atomic E-state index is -3.52. The first-order valence-corrected chi connectivity index (χ1v) is 12.5. The number of sulfonamides is 1. The zero-order valence-corrected chi connectivity index (χ0v) is 19.4. The molecule has 2 bridgehead atoms. The lowest BCUT2D eigenvalue weighted by atomic mass is 9.65. The van der Waals surface area contributed by atoms with Crippen molar-refractivity contribution in [2.24, 2.45) is 10.8 Å². The molecule has 0 spiro atoms. The molecule has 8 heteroatoms. The highest BCUT2D eigenvalue weighted by Gasteiger charge is 2.50. The number of carbonyl (C=O) groups excluding carboxylic acids is 2. The summed E-state index contributed by atoms with van der Waals surface area (Å²) >= 11 is 0. The first kappa shape index (κ1) is 22.3. The second-order valence-corrected chi connectivity index (χ2v) is 12.4. The first-order chi connectivity index (χ1) is 14.5. The molecule has 1 amide bonds. The molecule has 1 saturated carbocycles. The average Bonchev–Trinajstić information content (AvgIpc) is 3.32. The minimum absolute atomic E-state index is 0.128. The third-order valence-electron chi connectivity index (χ3n) is 6.85. The number of carbonyl (C=O) groups is 2. The maximum atomic E-state index is 12.8. The van der Waals surface area contributed by atoms with Gasteiger partial charge in [0.2, 0.25) is 10.0 Å². The van der Waals surface area contributed by atoms with Crippen molar-refractivity contribution in [1.29, 1.82) is 0 Å². The highest BCUT2D eigenvalue weighted by molar-refractivity contribution is 7.89. The quantitative estimate of drug-likeness (QED) is 0.647. The Kier molecular flexibility index (Phi) is 5.67. The van der Waals surface area contributed by atoms with Crippen molar-refractivity contribution in [1.82, 2.24) is 9.21 Å². The number of likely N-dealkylation sites (tertiary alicyclic amines) is 1. The fourth-order valence-electron chi connectivity index (χ4n) is 5.89. The van der Waals surface area contributed by atoms with Crippen LogP contribution in [0.4, 0.5) is 0 Å². The van der Waals surface area contributed by atoms with Crippen LogP contribution in [0.25, 0.3) is 0 Å². The Labute approximate surface area is 184 Å². The monoisotopic (exact) mass is 448 g/mol. The van der Waals surface area contributed by atoms with E-state index in [2.05, 4.69) is 20.8 Å². The molecule has 1 aromatic rings. The Morgan fingerprint density at radius 2 is 1.71 bits per heavy atom. The van der Waals surface area contributed by atoms with Crippen LogP contribution < -0.4 is 0 Å². The van der Waals surface area contributed by atoms with Gasteiger partial charge in [0.15, 0.2) is 6.61 Å². The third-order valence-corrected chi connectivity index (χ3v) is 8.77. The predicted molar refractivity (Wildman–Crippen MR) is 116 cm³/mol. The summed E-state index contributed by atoms with van der Waals surface area (Å²) in [5.74, 6) is -0.778. The molecule has 3 fully saturated rings. The van der Waals surface area contributed by atoms with E-state index in [1.165, 1.54) is 28.6 Å². The van der Waals surface area contributed by atoms with Gasteiger partial charge in [-0.05, 0) is 67.2 Å². The number of nitrogens with zero attached hydrogens (tertiary/aromatic N) is 2. The van der Waals surface area contributed by atoms with Crippen LogP contribution in [0.15, 0.2) is 29.2 Å². The maximum Gasteiger partial charge on any atom is 0.338 e.